The molecule has 21 heavy (non-hydrogen) atoms. The van der Waals surface area contributed by atoms with Gasteiger partial charge in [-0.05, 0) is 57.2 Å². The Bertz CT molecular complexity index is 717. The highest BCUT2D eigenvalue weighted by molar-refractivity contribution is 9.10. The molecular weight excluding hydrogens is 337 g/mol. The maximum atomic E-state index is 13.3. The Hall–Kier alpha value is -1.72. The van der Waals surface area contributed by atoms with E-state index in [0.29, 0.717) is 22.9 Å². The Morgan fingerprint density at radius 2 is 1.86 bits per heavy atom. The Morgan fingerprint density at radius 3 is 2.62 bits per heavy atom. The molecule has 2 N–H and O–H groups in total. The summed E-state index contributed by atoms with van der Waals surface area (Å²) >= 11 is 3.12. The molecule has 0 bridgehead atoms. The Kier molecular flexibility index (Phi) is 3.78. The van der Waals surface area contributed by atoms with Crippen molar-refractivity contribution < 1.29 is 14.3 Å². The van der Waals surface area contributed by atoms with Gasteiger partial charge in [-0.25, -0.2) is 4.39 Å². The summed E-state index contributed by atoms with van der Waals surface area (Å²) in [5.74, 6) is -0.350. The van der Waals surface area contributed by atoms with E-state index in [1.165, 1.54) is 6.07 Å². The number of fused-ring (bicyclic) bond motifs is 1. The van der Waals surface area contributed by atoms with Crippen molar-refractivity contribution in [2.75, 3.05) is 5.32 Å². The van der Waals surface area contributed by atoms with E-state index in [1.807, 2.05) is 6.07 Å². The predicted molar refractivity (Wildman–Crippen MR) is 81.6 cm³/mol. The van der Waals surface area contributed by atoms with Gasteiger partial charge in [0.05, 0.1) is 4.47 Å². The van der Waals surface area contributed by atoms with Gasteiger partial charge in [0.2, 0.25) is 5.91 Å². The van der Waals surface area contributed by atoms with E-state index in [-0.39, 0.29) is 11.7 Å². The van der Waals surface area contributed by atoms with Crippen LogP contribution in [0.25, 0.3) is 0 Å². The minimum atomic E-state index is -0.829. The summed E-state index contributed by atoms with van der Waals surface area (Å²) in [6.07, 6.45) is 0.286. The first-order valence-corrected chi connectivity index (χ1v) is 7.39. The van der Waals surface area contributed by atoms with Crippen LogP contribution < -0.4 is 5.32 Å². The van der Waals surface area contributed by atoms with E-state index >= 15 is 0 Å². The van der Waals surface area contributed by atoms with Gasteiger partial charge in [0.1, 0.15) is 11.9 Å². The predicted octanol–water partition coefficient (Wildman–Crippen LogP) is 3.55. The lowest BCUT2D eigenvalue weighted by Gasteiger charge is -2.19. The fourth-order valence-corrected chi connectivity index (χ4v) is 2.84. The van der Waals surface area contributed by atoms with Crippen molar-refractivity contribution in [3.05, 3.63) is 63.4 Å². The average molecular weight is 350 g/mol. The van der Waals surface area contributed by atoms with Crippen LogP contribution in [0.1, 0.15) is 29.2 Å². The lowest BCUT2D eigenvalue weighted by atomic mass is 9.95. The van der Waals surface area contributed by atoms with Crippen molar-refractivity contribution >= 4 is 27.5 Å². The number of aryl methyl sites for hydroxylation is 1. The molecule has 0 saturated heterocycles. The first-order valence-electron chi connectivity index (χ1n) is 6.60. The number of aliphatic hydroxyl groups is 1. The Morgan fingerprint density at radius 1 is 1.14 bits per heavy atom. The second-order valence-corrected chi connectivity index (χ2v) is 5.90. The smallest absolute Gasteiger partial charge is 0.224 e. The molecule has 2 aromatic rings. The molecule has 0 aliphatic carbocycles. The maximum absolute atomic E-state index is 13.3. The molecule has 108 valence electrons. The summed E-state index contributed by atoms with van der Waals surface area (Å²) in [4.78, 5) is 11.3. The number of anilines is 1. The van der Waals surface area contributed by atoms with Gasteiger partial charge in [0.25, 0.3) is 0 Å². The molecule has 1 heterocycles. The lowest BCUT2D eigenvalue weighted by Crippen LogP contribution is -2.19. The van der Waals surface area contributed by atoms with Crippen LogP contribution >= 0.6 is 15.9 Å². The van der Waals surface area contributed by atoms with E-state index in [1.54, 1.807) is 24.3 Å². The summed E-state index contributed by atoms with van der Waals surface area (Å²) in [5.41, 5.74) is 3.14. The number of carbonyl (C=O) groups excluding carboxylic acids is 1. The van der Waals surface area contributed by atoms with Crippen LogP contribution in [-0.2, 0) is 11.2 Å². The Balaban J connectivity index is 1.93. The van der Waals surface area contributed by atoms with Crippen LogP contribution in [0.15, 0.2) is 40.9 Å². The number of aliphatic hydroxyl groups excluding tert-OH is 1. The van der Waals surface area contributed by atoms with Crippen molar-refractivity contribution in [1.29, 1.82) is 0 Å². The number of nitrogens with one attached hydrogen (secondary N) is 1. The molecule has 5 heteroatoms. The molecule has 1 aliphatic rings. The zero-order valence-corrected chi connectivity index (χ0v) is 12.7. The van der Waals surface area contributed by atoms with Crippen molar-refractivity contribution in [1.82, 2.24) is 0 Å². The summed E-state index contributed by atoms with van der Waals surface area (Å²) < 4.78 is 13.6. The molecule has 1 amide bonds. The van der Waals surface area contributed by atoms with Crippen molar-refractivity contribution in [2.24, 2.45) is 0 Å². The lowest BCUT2D eigenvalue weighted by molar-refractivity contribution is -0.116. The highest BCUT2D eigenvalue weighted by Crippen LogP contribution is 2.30. The first kappa shape index (κ1) is 14.2. The topological polar surface area (TPSA) is 49.3 Å². The molecule has 2 aromatic carbocycles. The standard InChI is InChI=1S/C16H13BrFNO2/c17-12-8-11(1-4-13(12)18)16(21)10-2-5-14-9(7-10)3-6-15(20)19-14/h1-2,4-5,7-8,16,21H,3,6H2,(H,19,20). The van der Waals surface area contributed by atoms with Crippen LogP contribution in [0.2, 0.25) is 0 Å². The molecule has 1 aliphatic heterocycles. The third-order valence-electron chi connectivity index (χ3n) is 3.60. The highest BCUT2D eigenvalue weighted by Gasteiger charge is 2.18. The van der Waals surface area contributed by atoms with Gasteiger partial charge in [0.15, 0.2) is 0 Å². The zero-order chi connectivity index (χ0) is 15.0. The summed E-state index contributed by atoms with van der Waals surface area (Å²) in [7, 11) is 0. The molecule has 0 radical (unpaired) electrons. The van der Waals surface area contributed by atoms with Gasteiger partial charge < -0.3 is 10.4 Å². The second-order valence-electron chi connectivity index (χ2n) is 5.04. The number of amides is 1. The SMILES string of the molecule is O=C1CCc2cc(C(O)c3ccc(F)c(Br)c3)ccc2N1. The fourth-order valence-electron chi connectivity index (χ4n) is 2.45. The van der Waals surface area contributed by atoms with Gasteiger partial charge >= 0.3 is 0 Å². The number of rotatable bonds is 2. The van der Waals surface area contributed by atoms with Crippen LogP contribution in [0.4, 0.5) is 10.1 Å². The van der Waals surface area contributed by atoms with E-state index in [4.69, 9.17) is 0 Å². The van der Waals surface area contributed by atoms with Crippen molar-refractivity contribution in [3.8, 4) is 0 Å². The van der Waals surface area contributed by atoms with Crippen LogP contribution in [-0.4, -0.2) is 11.0 Å². The summed E-state index contributed by atoms with van der Waals surface area (Å²) in [6.45, 7) is 0. The van der Waals surface area contributed by atoms with E-state index < -0.39 is 6.10 Å². The molecule has 1 atom stereocenters. The highest BCUT2D eigenvalue weighted by atomic mass is 79.9. The molecule has 3 nitrogen and oxygen atoms in total. The third kappa shape index (κ3) is 2.84. The third-order valence-corrected chi connectivity index (χ3v) is 4.21. The molecule has 3 rings (SSSR count). The normalized spacial score (nSPS) is 15.3. The van der Waals surface area contributed by atoms with Gasteiger partial charge in [-0.3, -0.25) is 4.79 Å². The van der Waals surface area contributed by atoms with Crippen LogP contribution in [0.3, 0.4) is 0 Å². The van der Waals surface area contributed by atoms with Gasteiger partial charge in [-0.2, -0.15) is 0 Å². The van der Waals surface area contributed by atoms with E-state index in [2.05, 4.69) is 21.2 Å². The van der Waals surface area contributed by atoms with E-state index in [9.17, 15) is 14.3 Å². The number of carbonyl (C=O) groups is 1. The van der Waals surface area contributed by atoms with Crippen molar-refractivity contribution in [3.63, 3.8) is 0 Å². The Labute approximate surface area is 129 Å². The molecule has 1 unspecified atom stereocenters. The molecule has 0 saturated carbocycles. The quantitative estimate of drug-likeness (QED) is 0.870. The molecule has 0 fully saturated rings. The van der Waals surface area contributed by atoms with Gasteiger partial charge in [0, 0.05) is 12.1 Å². The number of halogens is 2. The summed E-state index contributed by atoms with van der Waals surface area (Å²) in [5, 5.41) is 13.2. The fraction of sp³-hybridized carbons (Fsp3) is 0.188. The summed E-state index contributed by atoms with van der Waals surface area (Å²) in [6, 6.07) is 9.90. The zero-order valence-electron chi connectivity index (χ0n) is 11.1. The second kappa shape index (κ2) is 5.58. The molecule has 0 spiro atoms. The van der Waals surface area contributed by atoms with E-state index in [0.717, 1.165) is 16.8 Å². The van der Waals surface area contributed by atoms with Crippen LogP contribution in [0, 0.1) is 5.82 Å². The molecular formula is C16H13BrFNO2. The largest absolute Gasteiger partial charge is 0.384 e. The number of benzene rings is 2. The number of hydrogen-bond acceptors (Lipinski definition) is 2. The number of hydrogen-bond donors (Lipinski definition) is 2. The maximum Gasteiger partial charge on any atom is 0.224 e. The van der Waals surface area contributed by atoms with Crippen LogP contribution in [0.5, 0.6) is 0 Å². The monoisotopic (exact) mass is 349 g/mol. The minimum absolute atomic E-state index is 0.0123. The molecule has 0 aromatic heterocycles. The average Bonchev–Trinajstić information content (AvgIpc) is 2.49. The minimum Gasteiger partial charge on any atom is -0.384 e. The van der Waals surface area contributed by atoms with Crippen molar-refractivity contribution in [2.45, 2.75) is 18.9 Å². The van der Waals surface area contributed by atoms with Gasteiger partial charge in [-0.1, -0.05) is 18.2 Å². The van der Waals surface area contributed by atoms with Gasteiger partial charge in [-0.15, -0.1) is 0 Å². The first-order chi connectivity index (χ1) is 10.0.